The second kappa shape index (κ2) is 1.64. The van der Waals surface area contributed by atoms with Crippen LogP contribution in [0.5, 0.6) is 0 Å². The summed E-state index contributed by atoms with van der Waals surface area (Å²) in [5, 5.41) is 0. The molecule has 6 heavy (non-hydrogen) atoms. The molecule has 0 spiro atoms. The molecule has 0 aromatic carbocycles. The molecule has 1 rings (SSSR count). The van der Waals surface area contributed by atoms with Crippen LogP contribution in [0.4, 0.5) is 0 Å². The third kappa shape index (κ3) is 0.739. The summed E-state index contributed by atoms with van der Waals surface area (Å²) in [5.74, 6) is 0. The van der Waals surface area contributed by atoms with E-state index in [4.69, 9.17) is 0 Å². The van der Waals surface area contributed by atoms with E-state index < -0.39 is 0 Å². The van der Waals surface area contributed by atoms with Crippen molar-refractivity contribution in [1.29, 1.82) is 0 Å². The molecule has 0 amide bonds. The Balaban J connectivity index is 3.05. The van der Waals surface area contributed by atoms with Crippen LogP contribution in [-0.2, 0) is 0 Å². The summed E-state index contributed by atoms with van der Waals surface area (Å²) in [7, 11) is 0. The van der Waals surface area contributed by atoms with Crippen molar-refractivity contribution < 1.29 is 0 Å². The molecule has 0 saturated heterocycles. The Morgan fingerprint density at radius 3 is 2.67 bits per heavy atom. The zero-order chi connectivity index (χ0) is 4.41. The Labute approximate surface area is 49.6 Å². The maximum atomic E-state index is 3.84. The molecule has 0 bridgehead atoms. The summed E-state index contributed by atoms with van der Waals surface area (Å²) in [6.07, 6.45) is 5.63. The molecule has 0 fully saturated rings. The predicted molar refractivity (Wildman–Crippen MR) is 27.6 cm³/mol. The van der Waals surface area contributed by atoms with Gasteiger partial charge in [0.2, 0.25) is 0 Å². The second-order valence-corrected chi connectivity index (χ2v) is 4.18. The van der Waals surface area contributed by atoms with Gasteiger partial charge in [0.15, 0.2) is 0 Å². The molecular formula is C3H6N2Sn. The Morgan fingerprint density at radius 1 is 1.67 bits per heavy atom. The van der Waals surface area contributed by atoms with Gasteiger partial charge in [0.05, 0.1) is 0 Å². The molecule has 0 radical (unpaired) electrons. The number of hydrogen-bond acceptors (Lipinski definition) is 1. The minimum atomic E-state index is 0.596. The van der Waals surface area contributed by atoms with Crippen molar-refractivity contribution in [2.45, 2.75) is 0 Å². The third-order valence-corrected chi connectivity index (χ3v) is 2.15. The summed E-state index contributed by atoms with van der Waals surface area (Å²) in [6.45, 7) is 0. The normalized spacial score (nSPS) is 9.33. The second-order valence-electron chi connectivity index (χ2n) is 1.23. The van der Waals surface area contributed by atoms with Gasteiger partial charge in [-0.2, -0.15) is 0 Å². The maximum absolute atomic E-state index is 3.84. The topological polar surface area (TPSA) is 17.8 Å². The SMILES string of the molecule is [SnH3][n]1ccnc1. The zero-order valence-electron chi connectivity index (χ0n) is 3.63. The quantitative estimate of drug-likeness (QED) is 0.479. The van der Waals surface area contributed by atoms with E-state index in [1.807, 2.05) is 12.5 Å². The molecule has 3 heteroatoms. The number of imidazole rings is 1. The standard InChI is InChI=1S/C3H3N2.Sn.3H/c1-2-5-3-4-1;;;;/h1-3H;;;;/q-1;+1;;;. The Hall–Kier alpha value is 0.00870. The molecule has 0 saturated carbocycles. The van der Waals surface area contributed by atoms with Crippen molar-refractivity contribution in [3.63, 3.8) is 0 Å². The molecule has 1 aromatic rings. The van der Waals surface area contributed by atoms with Crippen LogP contribution < -0.4 is 0 Å². The molecule has 1 heterocycles. The fourth-order valence-corrected chi connectivity index (χ4v) is 1.09. The van der Waals surface area contributed by atoms with Crippen LogP contribution in [0.3, 0.4) is 0 Å². The van der Waals surface area contributed by atoms with Gasteiger partial charge in [0.1, 0.15) is 0 Å². The van der Waals surface area contributed by atoms with E-state index in [1.165, 1.54) is 0 Å². The van der Waals surface area contributed by atoms with Gasteiger partial charge in [-0.1, -0.05) is 0 Å². The van der Waals surface area contributed by atoms with Gasteiger partial charge in [-0.3, -0.25) is 0 Å². The summed E-state index contributed by atoms with van der Waals surface area (Å²) in [5.41, 5.74) is 0. The van der Waals surface area contributed by atoms with Gasteiger partial charge in [-0.15, -0.1) is 0 Å². The fraction of sp³-hybridized carbons (Fsp3) is 0. The summed E-state index contributed by atoms with van der Waals surface area (Å²) in [4.78, 5) is 3.84. The van der Waals surface area contributed by atoms with Crippen LogP contribution in [0, 0.1) is 0 Å². The fourth-order valence-electron chi connectivity index (χ4n) is 0.326. The molecular weight excluding hydrogens is 183 g/mol. The monoisotopic (exact) mass is 190 g/mol. The number of hydrogen-bond donors (Lipinski definition) is 0. The Bertz CT molecular complexity index is 112. The van der Waals surface area contributed by atoms with E-state index in [1.54, 1.807) is 6.20 Å². The molecule has 1 aromatic heterocycles. The van der Waals surface area contributed by atoms with E-state index in [2.05, 4.69) is 7.77 Å². The van der Waals surface area contributed by atoms with E-state index in [0.29, 0.717) is 22.8 Å². The molecule has 0 aliphatic heterocycles. The Kier molecular flexibility index (Phi) is 1.14. The summed E-state index contributed by atoms with van der Waals surface area (Å²) in [6, 6.07) is 0. The van der Waals surface area contributed by atoms with Crippen molar-refractivity contribution in [2.75, 3.05) is 0 Å². The first kappa shape index (κ1) is 4.18. The van der Waals surface area contributed by atoms with E-state index in [9.17, 15) is 0 Å². The van der Waals surface area contributed by atoms with Gasteiger partial charge in [0.25, 0.3) is 0 Å². The van der Waals surface area contributed by atoms with Crippen molar-refractivity contribution in [1.82, 2.24) is 7.77 Å². The summed E-state index contributed by atoms with van der Waals surface area (Å²) < 4.78 is 2.10. The Morgan fingerprint density at radius 2 is 2.50 bits per heavy atom. The molecule has 2 nitrogen and oxygen atoms in total. The van der Waals surface area contributed by atoms with Gasteiger partial charge in [0, 0.05) is 0 Å². The van der Waals surface area contributed by atoms with Gasteiger partial charge >= 0.3 is 49.3 Å². The van der Waals surface area contributed by atoms with E-state index in [0.717, 1.165) is 0 Å². The number of nitrogens with zero attached hydrogens (tertiary/aromatic N) is 2. The molecule has 0 atom stereocenters. The summed E-state index contributed by atoms with van der Waals surface area (Å²) >= 11 is 0.596. The molecule has 0 unspecified atom stereocenters. The first-order valence-corrected chi connectivity index (χ1v) is 4.37. The van der Waals surface area contributed by atoms with Gasteiger partial charge < -0.3 is 0 Å². The zero-order valence-corrected chi connectivity index (χ0v) is 9.33. The van der Waals surface area contributed by atoms with Crippen molar-refractivity contribution >= 4 is 22.8 Å². The van der Waals surface area contributed by atoms with E-state index in [-0.39, 0.29) is 0 Å². The average Bonchev–Trinajstić information content (AvgIpc) is 1.86. The van der Waals surface area contributed by atoms with Gasteiger partial charge in [-0.05, 0) is 0 Å². The van der Waals surface area contributed by atoms with Crippen molar-refractivity contribution in [2.24, 2.45) is 0 Å². The molecule has 0 N–H and O–H groups in total. The number of rotatable bonds is 0. The first-order chi connectivity index (χ1) is 2.89. The van der Waals surface area contributed by atoms with Crippen molar-refractivity contribution in [3.05, 3.63) is 18.7 Å². The minimum absolute atomic E-state index is 0.596. The molecule has 0 aliphatic carbocycles. The first-order valence-electron chi connectivity index (χ1n) is 1.81. The van der Waals surface area contributed by atoms with Crippen molar-refractivity contribution in [3.8, 4) is 0 Å². The van der Waals surface area contributed by atoms with E-state index >= 15 is 0 Å². The van der Waals surface area contributed by atoms with Crippen LogP contribution >= 0.6 is 0 Å². The third-order valence-electron chi connectivity index (χ3n) is 0.637. The van der Waals surface area contributed by atoms with Crippen LogP contribution in [-0.4, -0.2) is 30.6 Å². The average molecular weight is 189 g/mol. The van der Waals surface area contributed by atoms with Gasteiger partial charge in [-0.25, -0.2) is 0 Å². The van der Waals surface area contributed by atoms with Crippen LogP contribution in [0.2, 0.25) is 0 Å². The predicted octanol–water partition coefficient (Wildman–Crippen LogP) is -0.988. The van der Waals surface area contributed by atoms with Crippen LogP contribution in [0.25, 0.3) is 0 Å². The number of aromatic nitrogens is 2. The molecule has 0 aliphatic rings. The molecule has 32 valence electrons. The van der Waals surface area contributed by atoms with Crippen LogP contribution in [0.15, 0.2) is 18.7 Å². The van der Waals surface area contributed by atoms with Crippen LogP contribution in [0.1, 0.15) is 0 Å².